The van der Waals surface area contributed by atoms with E-state index in [2.05, 4.69) is 5.32 Å². The fourth-order valence-electron chi connectivity index (χ4n) is 1.99. The number of nitrogens with one attached hydrogen (secondary N) is 1. The largest absolute Gasteiger partial charge is 0.485 e. The third-order valence-corrected chi connectivity index (χ3v) is 3.96. The highest BCUT2D eigenvalue weighted by Gasteiger charge is 2.28. The Hall–Kier alpha value is -2.76. The van der Waals surface area contributed by atoms with Gasteiger partial charge in [0.15, 0.2) is 0 Å². The number of carbonyl (C=O) groups excluding carboxylic acids is 1. The van der Waals surface area contributed by atoms with Gasteiger partial charge in [0.05, 0.1) is 28.2 Å². The molecule has 124 valence electrons. The summed E-state index contributed by atoms with van der Waals surface area (Å²) in [5.74, 6) is -1.01. The number of nitrogens with zero attached hydrogens (tertiary/aromatic N) is 2. The summed E-state index contributed by atoms with van der Waals surface area (Å²) in [6.45, 7) is 0. The molecule has 0 unspecified atom stereocenters. The van der Waals surface area contributed by atoms with Crippen LogP contribution in [0.3, 0.4) is 0 Å². The molecule has 0 spiro atoms. The molecule has 0 radical (unpaired) electrons. The second kappa shape index (κ2) is 7.21. The number of hydrogen-bond acceptors (Lipinski definition) is 6. The minimum atomic E-state index is -0.812. The quantitative estimate of drug-likeness (QED) is 0.429. The first-order valence-electron chi connectivity index (χ1n) is 6.42. The lowest BCUT2D eigenvalue weighted by Gasteiger charge is -2.09. The van der Waals surface area contributed by atoms with Crippen LogP contribution in [0.4, 0.5) is 17.1 Å². The number of ether oxygens (including phenoxy) is 1. The molecule has 0 fully saturated rings. The van der Waals surface area contributed by atoms with Gasteiger partial charge in [-0.2, -0.15) is 0 Å². The Kier molecular flexibility index (Phi) is 5.28. The van der Waals surface area contributed by atoms with Gasteiger partial charge in [-0.25, -0.2) is 0 Å². The molecular formula is C14H10IN3O6. The van der Waals surface area contributed by atoms with Crippen LogP contribution in [0.1, 0.15) is 10.4 Å². The molecule has 0 saturated carbocycles. The van der Waals surface area contributed by atoms with Gasteiger partial charge >= 0.3 is 11.4 Å². The van der Waals surface area contributed by atoms with E-state index in [1.54, 1.807) is 24.3 Å². The Morgan fingerprint density at radius 2 is 1.67 bits per heavy atom. The topological polar surface area (TPSA) is 125 Å². The number of carbonyl (C=O) groups is 1. The summed E-state index contributed by atoms with van der Waals surface area (Å²) in [5, 5.41) is 24.6. The van der Waals surface area contributed by atoms with Crippen LogP contribution in [0.5, 0.6) is 5.75 Å². The van der Waals surface area contributed by atoms with E-state index < -0.39 is 32.9 Å². The van der Waals surface area contributed by atoms with Crippen LogP contribution in [-0.4, -0.2) is 22.9 Å². The van der Waals surface area contributed by atoms with Gasteiger partial charge in [-0.05, 0) is 34.7 Å². The standard InChI is InChI=1S/C14H10IN3O6/c1-24-13-11(17(20)21)6-8(7-12(13)18(22)23)16-14(19)9-4-2-3-5-10(9)15/h2-7H,1H3,(H,16,19). The van der Waals surface area contributed by atoms with E-state index in [0.717, 1.165) is 19.2 Å². The molecule has 2 aromatic carbocycles. The van der Waals surface area contributed by atoms with Crippen LogP contribution in [0.2, 0.25) is 0 Å². The molecule has 0 aliphatic carbocycles. The van der Waals surface area contributed by atoms with E-state index in [4.69, 9.17) is 4.74 Å². The third-order valence-electron chi connectivity index (χ3n) is 3.02. The monoisotopic (exact) mass is 443 g/mol. The first-order chi connectivity index (χ1) is 11.3. The fourth-order valence-corrected chi connectivity index (χ4v) is 2.63. The molecule has 2 aromatic rings. The van der Waals surface area contributed by atoms with Crippen LogP contribution >= 0.6 is 22.6 Å². The Morgan fingerprint density at radius 3 is 2.12 bits per heavy atom. The molecule has 0 atom stereocenters. The summed E-state index contributed by atoms with van der Waals surface area (Å²) in [7, 11) is 1.10. The number of methoxy groups -OCH3 is 1. The van der Waals surface area contributed by atoms with Gasteiger partial charge in [-0.3, -0.25) is 25.0 Å². The SMILES string of the molecule is COc1c([N+](=O)[O-])cc(NC(=O)c2ccccc2I)cc1[N+](=O)[O-]. The highest BCUT2D eigenvalue weighted by molar-refractivity contribution is 14.1. The Labute approximate surface area is 149 Å². The molecule has 0 saturated heterocycles. The Balaban J connectivity index is 2.48. The molecule has 0 aliphatic heterocycles. The van der Waals surface area contributed by atoms with Gasteiger partial charge in [0.25, 0.3) is 11.7 Å². The third kappa shape index (κ3) is 3.59. The van der Waals surface area contributed by atoms with Gasteiger partial charge in [-0.1, -0.05) is 12.1 Å². The van der Waals surface area contributed by atoms with Crippen molar-refractivity contribution >= 4 is 45.6 Å². The summed E-state index contributed by atoms with van der Waals surface area (Å²) < 4.78 is 5.44. The van der Waals surface area contributed by atoms with Crippen molar-refractivity contribution < 1.29 is 19.4 Å². The van der Waals surface area contributed by atoms with Crippen LogP contribution in [0.25, 0.3) is 0 Å². The molecule has 0 aliphatic rings. The van der Waals surface area contributed by atoms with Crippen molar-refractivity contribution in [1.82, 2.24) is 0 Å². The zero-order chi connectivity index (χ0) is 17.9. The van der Waals surface area contributed by atoms with Crippen LogP contribution in [0, 0.1) is 23.8 Å². The fraction of sp³-hybridized carbons (Fsp3) is 0.0714. The first kappa shape index (κ1) is 17.6. The van der Waals surface area contributed by atoms with Crippen LogP contribution < -0.4 is 10.1 Å². The molecule has 0 aromatic heterocycles. The molecule has 0 bridgehead atoms. The van der Waals surface area contributed by atoms with Crippen LogP contribution in [0.15, 0.2) is 36.4 Å². The number of benzene rings is 2. The van der Waals surface area contributed by atoms with Gasteiger partial charge in [0.2, 0.25) is 0 Å². The van der Waals surface area contributed by atoms with E-state index in [0.29, 0.717) is 9.13 Å². The van der Waals surface area contributed by atoms with Gasteiger partial charge in [-0.15, -0.1) is 0 Å². The molecule has 1 N–H and O–H groups in total. The highest BCUT2D eigenvalue weighted by atomic mass is 127. The molecule has 10 heteroatoms. The molecule has 9 nitrogen and oxygen atoms in total. The van der Waals surface area contributed by atoms with Crippen LogP contribution in [-0.2, 0) is 0 Å². The maximum atomic E-state index is 12.3. The second-order valence-corrected chi connectivity index (χ2v) is 5.66. The molecule has 24 heavy (non-hydrogen) atoms. The number of anilines is 1. The lowest BCUT2D eigenvalue weighted by molar-refractivity contribution is -0.395. The van der Waals surface area contributed by atoms with Gasteiger partial charge < -0.3 is 10.1 Å². The summed E-state index contributed by atoms with van der Waals surface area (Å²) in [5.41, 5.74) is -0.937. The van der Waals surface area contributed by atoms with Gasteiger partial charge in [0.1, 0.15) is 0 Å². The lowest BCUT2D eigenvalue weighted by Crippen LogP contribution is -2.14. The van der Waals surface area contributed by atoms with Crippen molar-refractivity contribution in [3.8, 4) is 5.75 Å². The van der Waals surface area contributed by atoms with Crippen molar-refractivity contribution in [2.45, 2.75) is 0 Å². The minimum Gasteiger partial charge on any atom is -0.485 e. The number of rotatable bonds is 5. The molecular weight excluding hydrogens is 433 g/mol. The number of hydrogen-bond donors (Lipinski definition) is 1. The number of nitro groups is 2. The summed E-state index contributed by atoms with van der Waals surface area (Å²) in [6, 6.07) is 8.73. The van der Waals surface area contributed by atoms with E-state index in [1.165, 1.54) is 0 Å². The first-order valence-corrected chi connectivity index (χ1v) is 7.49. The number of halogens is 1. The number of amides is 1. The van der Waals surface area contributed by atoms with Crippen molar-refractivity contribution in [3.05, 3.63) is 65.8 Å². The van der Waals surface area contributed by atoms with Crippen molar-refractivity contribution in [2.24, 2.45) is 0 Å². The van der Waals surface area contributed by atoms with E-state index in [-0.39, 0.29) is 5.69 Å². The summed E-state index contributed by atoms with van der Waals surface area (Å²) in [4.78, 5) is 32.9. The second-order valence-electron chi connectivity index (χ2n) is 4.50. The molecule has 1 amide bonds. The average molecular weight is 443 g/mol. The molecule has 2 rings (SSSR count). The minimum absolute atomic E-state index is 0.0705. The number of nitro benzene ring substituents is 2. The van der Waals surface area contributed by atoms with Gasteiger partial charge in [0, 0.05) is 15.7 Å². The Morgan fingerprint density at radius 1 is 1.12 bits per heavy atom. The van der Waals surface area contributed by atoms with E-state index >= 15 is 0 Å². The zero-order valence-electron chi connectivity index (χ0n) is 12.2. The predicted molar refractivity (Wildman–Crippen MR) is 93.4 cm³/mol. The zero-order valence-corrected chi connectivity index (χ0v) is 14.3. The van der Waals surface area contributed by atoms with E-state index in [1.807, 2.05) is 22.6 Å². The summed E-state index contributed by atoms with van der Waals surface area (Å²) >= 11 is 1.97. The highest BCUT2D eigenvalue weighted by Crippen LogP contribution is 2.39. The van der Waals surface area contributed by atoms with Crippen molar-refractivity contribution in [3.63, 3.8) is 0 Å². The normalized spacial score (nSPS) is 10.1. The average Bonchev–Trinajstić information content (AvgIpc) is 2.54. The van der Waals surface area contributed by atoms with Crippen molar-refractivity contribution in [1.29, 1.82) is 0 Å². The van der Waals surface area contributed by atoms with Crippen molar-refractivity contribution in [2.75, 3.05) is 12.4 Å². The lowest BCUT2D eigenvalue weighted by atomic mass is 10.2. The molecule has 0 heterocycles. The van der Waals surface area contributed by atoms with E-state index in [9.17, 15) is 25.0 Å². The maximum absolute atomic E-state index is 12.3. The maximum Gasteiger partial charge on any atom is 0.320 e. The summed E-state index contributed by atoms with van der Waals surface area (Å²) in [6.07, 6.45) is 0. The smallest absolute Gasteiger partial charge is 0.320 e. The predicted octanol–water partition coefficient (Wildman–Crippen LogP) is 3.37. The Bertz CT molecular complexity index is 804.